The predicted octanol–water partition coefficient (Wildman–Crippen LogP) is 1.02. The predicted molar refractivity (Wildman–Crippen MR) is 87.6 cm³/mol. The lowest BCUT2D eigenvalue weighted by atomic mass is 10.2. The van der Waals surface area contributed by atoms with Gasteiger partial charge in [0, 0.05) is 24.3 Å². The average molecular weight is 342 g/mol. The Morgan fingerprint density at radius 3 is 2.78 bits per heavy atom. The number of nitrogens with zero attached hydrogens (tertiary/aromatic N) is 1. The molecule has 0 bridgehead atoms. The van der Waals surface area contributed by atoms with Crippen molar-refractivity contribution < 1.29 is 23.1 Å². The average Bonchev–Trinajstić information content (AvgIpc) is 2.86. The summed E-state index contributed by atoms with van der Waals surface area (Å²) < 4.78 is 28.4. The van der Waals surface area contributed by atoms with E-state index in [0.29, 0.717) is 17.9 Å². The van der Waals surface area contributed by atoms with E-state index in [9.17, 15) is 13.2 Å². The molecule has 8 heteroatoms. The largest absolute Gasteiger partial charge is 0.496 e. The molecule has 0 spiro atoms. The van der Waals surface area contributed by atoms with Crippen LogP contribution in [0.1, 0.15) is 12.0 Å². The van der Waals surface area contributed by atoms with E-state index in [1.807, 2.05) is 13.0 Å². The van der Waals surface area contributed by atoms with Crippen LogP contribution in [0.15, 0.2) is 18.2 Å². The molecule has 0 aromatic heterocycles. The molecule has 2 rings (SSSR count). The van der Waals surface area contributed by atoms with Crippen LogP contribution in [-0.4, -0.2) is 62.3 Å². The second-order valence-electron chi connectivity index (χ2n) is 5.59. The maximum absolute atomic E-state index is 12.5. The van der Waals surface area contributed by atoms with Crippen LogP contribution < -0.4 is 10.1 Å². The third-order valence-corrected chi connectivity index (χ3v) is 5.66. The number of rotatable bonds is 5. The summed E-state index contributed by atoms with van der Waals surface area (Å²) in [6, 6.07) is 4.45. The highest BCUT2D eigenvalue weighted by Gasteiger charge is 2.34. The van der Waals surface area contributed by atoms with Gasteiger partial charge in [-0.25, -0.2) is 13.2 Å². The second kappa shape index (κ2) is 7.18. The van der Waals surface area contributed by atoms with Gasteiger partial charge >= 0.3 is 6.03 Å². The lowest BCUT2D eigenvalue weighted by molar-refractivity contribution is 0.169. The Balaban J connectivity index is 2.12. The molecule has 0 radical (unpaired) electrons. The first-order valence-electron chi connectivity index (χ1n) is 7.40. The van der Waals surface area contributed by atoms with Crippen molar-refractivity contribution in [2.45, 2.75) is 19.4 Å². The molecule has 128 valence electrons. The van der Waals surface area contributed by atoms with Crippen LogP contribution in [-0.2, 0) is 9.84 Å². The Kier molecular flexibility index (Phi) is 5.48. The lowest BCUT2D eigenvalue weighted by Gasteiger charge is -2.27. The minimum Gasteiger partial charge on any atom is -0.496 e. The third-order valence-electron chi connectivity index (χ3n) is 3.91. The van der Waals surface area contributed by atoms with Gasteiger partial charge < -0.3 is 20.1 Å². The van der Waals surface area contributed by atoms with Crippen molar-refractivity contribution in [2.75, 3.05) is 37.1 Å². The number of aliphatic hydroxyl groups excluding tert-OH is 1. The summed E-state index contributed by atoms with van der Waals surface area (Å²) in [6.07, 6.45) is 0.396. The summed E-state index contributed by atoms with van der Waals surface area (Å²) in [5.41, 5.74) is 1.50. The van der Waals surface area contributed by atoms with Gasteiger partial charge in [0.1, 0.15) is 5.75 Å². The molecule has 1 unspecified atom stereocenters. The first-order valence-corrected chi connectivity index (χ1v) is 9.22. The highest BCUT2D eigenvalue weighted by Crippen LogP contribution is 2.23. The number of sulfone groups is 1. The van der Waals surface area contributed by atoms with Gasteiger partial charge in [0.15, 0.2) is 9.84 Å². The maximum atomic E-state index is 12.5. The van der Waals surface area contributed by atoms with E-state index in [2.05, 4.69) is 5.32 Å². The number of carbonyl (C=O) groups is 1. The molecule has 1 atom stereocenters. The summed E-state index contributed by atoms with van der Waals surface area (Å²) in [7, 11) is -1.55. The number of urea groups is 1. The van der Waals surface area contributed by atoms with Crippen LogP contribution in [0.5, 0.6) is 5.75 Å². The van der Waals surface area contributed by atoms with E-state index in [4.69, 9.17) is 9.84 Å². The number of hydrogen-bond acceptors (Lipinski definition) is 5. The molecule has 7 nitrogen and oxygen atoms in total. The van der Waals surface area contributed by atoms with E-state index in [1.54, 1.807) is 19.2 Å². The van der Waals surface area contributed by atoms with Crippen molar-refractivity contribution in [1.29, 1.82) is 0 Å². The zero-order valence-electron chi connectivity index (χ0n) is 13.3. The number of hydrogen-bond donors (Lipinski definition) is 2. The van der Waals surface area contributed by atoms with E-state index in [-0.39, 0.29) is 24.7 Å². The number of methoxy groups -OCH3 is 1. The highest BCUT2D eigenvalue weighted by atomic mass is 32.2. The molecule has 1 aliphatic rings. The number of nitrogens with one attached hydrogen (secondary N) is 1. The van der Waals surface area contributed by atoms with Gasteiger partial charge in [0.2, 0.25) is 0 Å². The first kappa shape index (κ1) is 17.6. The molecule has 1 aromatic carbocycles. The van der Waals surface area contributed by atoms with Gasteiger partial charge in [-0.1, -0.05) is 6.07 Å². The molecule has 0 aliphatic carbocycles. The van der Waals surface area contributed by atoms with Crippen molar-refractivity contribution in [3.8, 4) is 5.75 Å². The standard InChI is InChI=1S/C15H22N2O5S/c1-11-3-4-12(9-14(11)22-2)16-15(19)17(6-7-18)13-5-8-23(20,21)10-13/h3-4,9,13,18H,5-8,10H2,1-2H3,(H,16,19). The molecule has 23 heavy (non-hydrogen) atoms. The van der Waals surface area contributed by atoms with Gasteiger partial charge in [-0.05, 0) is 25.0 Å². The maximum Gasteiger partial charge on any atom is 0.322 e. The topological polar surface area (TPSA) is 95.9 Å². The summed E-state index contributed by atoms with van der Waals surface area (Å²) in [6.45, 7) is 1.77. The highest BCUT2D eigenvalue weighted by molar-refractivity contribution is 7.91. The summed E-state index contributed by atoms with van der Waals surface area (Å²) >= 11 is 0. The van der Waals surface area contributed by atoms with E-state index in [1.165, 1.54) is 4.90 Å². The minimum atomic E-state index is -3.10. The van der Waals surface area contributed by atoms with Gasteiger partial charge in [0.25, 0.3) is 0 Å². The number of benzene rings is 1. The lowest BCUT2D eigenvalue weighted by Crippen LogP contribution is -2.45. The zero-order chi connectivity index (χ0) is 17.0. The Morgan fingerprint density at radius 1 is 1.48 bits per heavy atom. The van der Waals surface area contributed by atoms with Crippen LogP contribution in [0.4, 0.5) is 10.5 Å². The van der Waals surface area contributed by atoms with Gasteiger partial charge in [0.05, 0.1) is 25.2 Å². The molecule has 0 saturated carbocycles. The van der Waals surface area contributed by atoms with Crippen molar-refractivity contribution in [1.82, 2.24) is 4.90 Å². The Hall–Kier alpha value is -1.80. The van der Waals surface area contributed by atoms with Gasteiger partial charge in [-0.15, -0.1) is 0 Å². The van der Waals surface area contributed by atoms with Crippen LogP contribution in [0.2, 0.25) is 0 Å². The summed E-state index contributed by atoms with van der Waals surface area (Å²) in [5.74, 6) is 0.669. The quantitative estimate of drug-likeness (QED) is 0.833. The fourth-order valence-electron chi connectivity index (χ4n) is 2.67. The summed E-state index contributed by atoms with van der Waals surface area (Å²) in [5, 5.41) is 11.9. The fourth-order valence-corrected chi connectivity index (χ4v) is 4.40. The SMILES string of the molecule is COc1cc(NC(=O)N(CCO)C2CCS(=O)(=O)C2)ccc1C. The van der Waals surface area contributed by atoms with Crippen LogP contribution >= 0.6 is 0 Å². The molecule has 2 amide bonds. The Bertz CT molecular complexity index is 674. The normalized spacial score (nSPS) is 19.3. The molecular weight excluding hydrogens is 320 g/mol. The number of amides is 2. The third kappa shape index (κ3) is 4.35. The van der Waals surface area contributed by atoms with Gasteiger partial charge in [-0.2, -0.15) is 0 Å². The van der Waals surface area contributed by atoms with E-state index < -0.39 is 21.9 Å². The van der Waals surface area contributed by atoms with Crippen molar-refractivity contribution in [3.63, 3.8) is 0 Å². The minimum absolute atomic E-state index is 0.0579. The van der Waals surface area contributed by atoms with Crippen molar-refractivity contribution in [3.05, 3.63) is 23.8 Å². The van der Waals surface area contributed by atoms with Crippen LogP contribution in [0.3, 0.4) is 0 Å². The Morgan fingerprint density at radius 2 is 2.22 bits per heavy atom. The second-order valence-corrected chi connectivity index (χ2v) is 7.82. The Labute approximate surface area is 136 Å². The molecule has 1 heterocycles. The molecule has 1 fully saturated rings. The van der Waals surface area contributed by atoms with Crippen LogP contribution in [0.25, 0.3) is 0 Å². The molecule has 1 aliphatic heterocycles. The number of carbonyl (C=O) groups excluding carboxylic acids is 1. The van der Waals surface area contributed by atoms with E-state index >= 15 is 0 Å². The van der Waals surface area contributed by atoms with Crippen LogP contribution in [0, 0.1) is 6.92 Å². The number of aryl methyl sites for hydroxylation is 1. The molecule has 2 N–H and O–H groups in total. The van der Waals surface area contributed by atoms with Crippen molar-refractivity contribution >= 4 is 21.6 Å². The number of ether oxygens (including phenoxy) is 1. The monoisotopic (exact) mass is 342 g/mol. The molecule has 1 saturated heterocycles. The zero-order valence-corrected chi connectivity index (χ0v) is 14.1. The fraction of sp³-hybridized carbons (Fsp3) is 0.533. The number of anilines is 1. The number of aliphatic hydroxyl groups is 1. The smallest absolute Gasteiger partial charge is 0.322 e. The first-order chi connectivity index (χ1) is 10.9. The molecular formula is C15H22N2O5S. The van der Waals surface area contributed by atoms with Gasteiger partial charge in [-0.3, -0.25) is 0 Å². The summed E-state index contributed by atoms with van der Waals surface area (Å²) in [4.78, 5) is 13.8. The van der Waals surface area contributed by atoms with E-state index in [0.717, 1.165) is 5.56 Å². The van der Waals surface area contributed by atoms with Crippen molar-refractivity contribution in [2.24, 2.45) is 0 Å². The molecule has 1 aromatic rings.